The van der Waals surface area contributed by atoms with Gasteiger partial charge in [-0.15, -0.1) is 0 Å². The van der Waals surface area contributed by atoms with Crippen molar-refractivity contribution in [2.75, 3.05) is 11.9 Å². The van der Waals surface area contributed by atoms with Gasteiger partial charge in [0.2, 0.25) is 5.88 Å². The summed E-state index contributed by atoms with van der Waals surface area (Å²) in [4.78, 5) is 16.2. The topological polar surface area (TPSA) is 68.5 Å². The second-order valence-electron chi connectivity index (χ2n) is 9.60. The first kappa shape index (κ1) is 26.7. The van der Waals surface area contributed by atoms with E-state index in [4.69, 9.17) is 20.9 Å². The highest BCUT2D eigenvalue weighted by Gasteiger charge is 2.38. The molecule has 0 radical (unpaired) electrons. The predicted molar refractivity (Wildman–Crippen MR) is 141 cm³/mol. The monoisotopic (exact) mass is 555 g/mol. The lowest BCUT2D eigenvalue weighted by Gasteiger charge is -2.23. The van der Waals surface area contributed by atoms with Crippen molar-refractivity contribution in [3.8, 4) is 17.1 Å². The van der Waals surface area contributed by atoms with Gasteiger partial charge in [0, 0.05) is 36.7 Å². The molecule has 4 aromatic rings. The molecule has 0 spiro atoms. The molecule has 10 heteroatoms. The molecule has 5 rings (SSSR count). The maximum Gasteiger partial charge on any atom is 0.435 e. The Morgan fingerprint density at radius 3 is 2.51 bits per heavy atom. The van der Waals surface area contributed by atoms with E-state index in [1.165, 1.54) is 17.0 Å². The zero-order chi connectivity index (χ0) is 27.7. The maximum absolute atomic E-state index is 14.1. The average molecular weight is 556 g/mol. The van der Waals surface area contributed by atoms with Crippen molar-refractivity contribution in [1.82, 2.24) is 10.1 Å². The van der Waals surface area contributed by atoms with Gasteiger partial charge in [0.15, 0.2) is 5.69 Å². The Balaban J connectivity index is 1.42. The number of aldehydes is 1. The Morgan fingerprint density at radius 1 is 1.13 bits per heavy atom. The van der Waals surface area contributed by atoms with Gasteiger partial charge in [-0.2, -0.15) is 13.2 Å². The van der Waals surface area contributed by atoms with Gasteiger partial charge in [0.05, 0.1) is 16.3 Å². The Hall–Kier alpha value is -3.85. The minimum Gasteiger partial charge on any atom is -0.473 e. The van der Waals surface area contributed by atoms with Crippen LogP contribution in [-0.2, 0) is 19.3 Å². The first-order valence-electron chi connectivity index (χ1n) is 12.4. The molecule has 2 aromatic heterocycles. The molecule has 1 saturated carbocycles. The number of alkyl halides is 3. The molecule has 39 heavy (non-hydrogen) atoms. The van der Waals surface area contributed by atoms with Gasteiger partial charge in [0.1, 0.15) is 24.3 Å². The van der Waals surface area contributed by atoms with Crippen molar-refractivity contribution >= 4 is 23.6 Å². The summed E-state index contributed by atoms with van der Waals surface area (Å²) >= 11 is 6.47. The van der Waals surface area contributed by atoms with E-state index in [1.54, 1.807) is 37.4 Å². The fourth-order valence-electron chi connectivity index (χ4n) is 4.49. The van der Waals surface area contributed by atoms with Crippen LogP contribution in [0, 0.1) is 6.92 Å². The van der Waals surface area contributed by atoms with Gasteiger partial charge in [-0.3, -0.25) is 4.79 Å². The van der Waals surface area contributed by atoms with E-state index in [-0.39, 0.29) is 30.6 Å². The number of hydrogen-bond acceptors (Lipinski definition) is 6. The molecule has 6 nitrogen and oxygen atoms in total. The van der Waals surface area contributed by atoms with Gasteiger partial charge < -0.3 is 14.2 Å². The van der Waals surface area contributed by atoms with Crippen molar-refractivity contribution in [3.63, 3.8) is 0 Å². The number of pyridine rings is 1. The first-order chi connectivity index (χ1) is 18.7. The number of aryl methyl sites for hydroxylation is 1. The summed E-state index contributed by atoms with van der Waals surface area (Å²) < 4.78 is 53.7. The van der Waals surface area contributed by atoms with Crippen molar-refractivity contribution < 1.29 is 27.2 Å². The molecule has 0 N–H and O–H groups in total. The number of anilines is 1. The number of carbonyl (C=O) groups is 1. The van der Waals surface area contributed by atoms with Crippen LogP contribution in [0.25, 0.3) is 11.3 Å². The van der Waals surface area contributed by atoms with Gasteiger partial charge in [0.25, 0.3) is 0 Å². The number of aromatic nitrogens is 2. The quantitative estimate of drug-likeness (QED) is 0.198. The van der Waals surface area contributed by atoms with E-state index in [0.29, 0.717) is 39.5 Å². The van der Waals surface area contributed by atoms with E-state index < -0.39 is 11.9 Å². The zero-order valence-electron chi connectivity index (χ0n) is 21.3. The predicted octanol–water partition coefficient (Wildman–Crippen LogP) is 7.62. The number of carbonyl (C=O) groups excluding carboxylic acids is 1. The number of ether oxygens (including phenoxy) is 1. The summed E-state index contributed by atoms with van der Waals surface area (Å²) in [5.41, 5.74) is 2.87. The third-order valence-electron chi connectivity index (χ3n) is 6.65. The van der Waals surface area contributed by atoms with Crippen LogP contribution in [0.15, 0.2) is 59.1 Å². The SMILES string of the molecule is Cc1cccc(Cl)c1-c1noc(C2CC2)c1COc1ccc(N(C)Cc2ccc(C=O)cc2)c(C(F)(F)F)n1. The zero-order valence-corrected chi connectivity index (χ0v) is 22.0. The molecule has 0 atom stereocenters. The van der Waals surface area contributed by atoms with Crippen LogP contribution in [0.1, 0.15) is 57.3 Å². The smallest absolute Gasteiger partial charge is 0.435 e. The molecular weight excluding hydrogens is 531 g/mol. The van der Waals surface area contributed by atoms with E-state index in [2.05, 4.69) is 10.1 Å². The molecule has 0 bridgehead atoms. The van der Waals surface area contributed by atoms with Crippen LogP contribution >= 0.6 is 11.6 Å². The molecule has 0 amide bonds. The van der Waals surface area contributed by atoms with Crippen molar-refractivity contribution in [2.45, 2.75) is 45.0 Å². The normalized spacial score (nSPS) is 13.4. The lowest BCUT2D eigenvalue weighted by atomic mass is 10.0. The summed E-state index contributed by atoms with van der Waals surface area (Å²) in [6.45, 7) is 2.02. The molecule has 2 aromatic carbocycles. The third kappa shape index (κ3) is 5.78. The fraction of sp³-hybridized carbons (Fsp3) is 0.276. The Kier molecular flexibility index (Phi) is 7.36. The summed E-state index contributed by atoms with van der Waals surface area (Å²) in [5, 5.41) is 4.76. The average Bonchev–Trinajstić information content (AvgIpc) is 3.67. The first-order valence-corrected chi connectivity index (χ1v) is 12.7. The van der Waals surface area contributed by atoms with Crippen LogP contribution in [0.4, 0.5) is 18.9 Å². The summed E-state index contributed by atoms with van der Waals surface area (Å²) in [7, 11) is 1.55. The highest BCUT2D eigenvalue weighted by atomic mass is 35.5. The Labute approximate surface area is 228 Å². The molecule has 0 unspecified atom stereocenters. The number of nitrogens with zero attached hydrogens (tertiary/aromatic N) is 3. The highest BCUT2D eigenvalue weighted by Crippen LogP contribution is 2.45. The van der Waals surface area contributed by atoms with E-state index >= 15 is 0 Å². The van der Waals surface area contributed by atoms with Crippen molar-refractivity contribution in [2.24, 2.45) is 0 Å². The van der Waals surface area contributed by atoms with Crippen LogP contribution < -0.4 is 9.64 Å². The molecule has 202 valence electrons. The number of halogens is 4. The van der Waals surface area contributed by atoms with E-state index in [1.807, 2.05) is 19.1 Å². The molecule has 1 fully saturated rings. The minimum atomic E-state index is -4.71. The molecular formula is C29H25ClF3N3O3. The third-order valence-corrected chi connectivity index (χ3v) is 6.97. The summed E-state index contributed by atoms with van der Waals surface area (Å²) in [6, 6.07) is 14.9. The summed E-state index contributed by atoms with van der Waals surface area (Å²) in [6.07, 6.45) is -2.11. The number of benzene rings is 2. The maximum atomic E-state index is 14.1. The van der Waals surface area contributed by atoms with Crippen LogP contribution in [0.3, 0.4) is 0 Å². The van der Waals surface area contributed by atoms with Gasteiger partial charge in [-0.05, 0) is 43.0 Å². The number of hydrogen-bond donors (Lipinski definition) is 0. The lowest BCUT2D eigenvalue weighted by molar-refractivity contribution is -0.140. The largest absolute Gasteiger partial charge is 0.473 e. The highest BCUT2D eigenvalue weighted by molar-refractivity contribution is 6.33. The molecule has 1 aliphatic rings. The van der Waals surface area contributed by atoms with Crippen molar-refractivity contribution in [3.05, 3.63) is 93.3 Å². The van der Waals surface area contributed by atoms with Gasteiger partial charge in [-0.1, -0.05) is 53.2 Å². The Bertz CT molecular complexity index is 1480. The molecule has 0 aliphatic heterocycles. The van der Waals surface area contributed by atoms with Gasteiger partial charge in [-0.25, -0.2) is 4.98 Å². The second-order valence-corrected chi connectivity index (χ2v) is 10.0. The van der Waals surface area contributed by atoms with E-state index in [0.717, 1.165) is 24.0 Å². The van der Waals surface area contributed by atoms with Gasteiger partial charge >= 0.3 is 6.18 Å². The Morgan fingerprint density at radius 2 is 1.87 bits per heavy atom. The standard InChI is InChI=1S/C29H25ClF3N3O3/c1-17-4-3-5-22(30)25(17)26-21(27(39-35-26)20-10-11-20)16-38-24-13-12-23(28(34-24)29(31,32)33)36(2)14-18-6-8-19(15-37)9-7-18/h3-9,12-13,15,20H,10-11,14,16H2,1-2H3. The fourth-order valence-corrected chi connectivity index (χ4v) is 4.80. The molecule has 1 aliphatic carbocycles. The van der Waals surface area contributed by atoms with Crippen LogP contribution in [0.5, 0.6) is 5.88 Å². The lowest BCUT2D eigenvalue weighted by Crippen LogP contribution is -2.22. The molecule has 2 heterocycles. The summed E-state index contributed by atoms with van der Waals surface area (Å²) in [5.74, 6) is 0.694. The minimum absolute atomic E-state index is 0.0715. The second kappa shape index (κ2) is 10.7. The van der Waals surface area contributed by atoms with Crippen LogP contribution in [0.2, 0.25) is 5.02 Å². The van der Waals surface area contributed by atoms with Crippen LogP contribution in [-0.4, -0.2) is 23.5 Å². The van der Waals surface area contributed by atoms with E-state index in [9.17, 15) is 18.0 Å². The molecule has 0 saturated heterocycles. The number of rotatable bonds is 9. The van der Waals surface area contributed by atoms with Crippen molar-refractivity contribution in [1.29, 1.82) is 0 Å².